The van der Waals surface area contributed by atoms with Gasteiger partial charge in [0.1, 0.15) is 5.25 Å². The van der Waals surface area contributed by atoms with E-state index >= 15 is 0 Å². The lowest BCUT2D eigenvalue weighted by Gasteiger charge is -2.38. The molecule has 0 radical (unpaired) electrons. The van der Waals surface area contributed by atoms with Crippen molar-refractivity contribution in [2.45, 2.75) is 42.3 Å². The van der Waals surface area contributed by atoms with Gasteiger partial charge in [-0.1, -0.05) is 41.6 Å². The summed E-state index contributed by atoms with van der Waals surface area (Å²) in [5.74, 6) is 0.918. The predicted octanol–water partition coefficient (Wildman–Crippen LogP) is 3.16. The van der Waals surface area contributed by atoms with Crippen molar-refractivity contribution in [1.29, 1.82) is 0 Å². The molecule has 4 heterocycles. The molecule has 7 nitrogen and oxygen atoms in total. The molecule has 8 heteroatoms. The van der Waals surface area contributed by atoms with E-state index in [-0.39, 0.29) is 23.3 Å². The molecule has 29 heavy (non-hydrogen) atoms. The number of aromatic nitrogens is 3. The third-order valence-corrected chi connectivity index (χ3v) is 6.79. The van der Waals surface area contributed by atoms with Crippen LogP contribution in [0.5, 0.6) is 0 Å². The van der Waals surface area contributed by atoms with Gasteiger partial charge in [0.05, 0.1) is 18.4 Å². The molecule has 2 atom stereocenters. The molecule has 1 fully saturated rings. The van der Waals surface area contributed by atoms with Crippen LogP contribution in [0.3, 0.4) is 0 Å². The van der Waals surface area contributed by atoms with Crippen LogP contribution in [0, 0.1) is 6.92 Å². The van der Waals surface area contributed by atoms with E-state index in [9.17, 15) is 9.90 Å². The number of aryl methyl sites for hydroxylation is 1. The molecule has 1 aromatic carbocycles. The highest BCUT2D eigenvalue weighted by Crippen LogP contribution is 2.42. The number of rotatable bonds is 4. The monoisotopic (exact) mass is 410 g/mol. The number of furan rings is 1. The summed E-state index contributed by atoms with van der Waals surface area (Å²) in [7, 11) is 0. The Balaban J connectivity index is 1.46. The summed E-state index contributed by atoms with van der Waals surface area (Å²) >= 11 is 1.46. The molecular weight excluding hydrogens is 388 g/mol. The van der Waals surface area contributed by atoms with Crippen molar-refractivity contribution in [3.63, 3.8) is 0 Å². The number of likely N-dealkylation sites (tertiary alicyclic amines) is 1. The van der Waals surface area contributed by atoms with Crippen molar-refractivity contribution < 1.29 is 14.3 Å². The molecule has 3 aromatic rings. The van der Waals surface area contributed by atoms with Gasteiger partial charge < -0.3 is 9.52 Å². The standard InChI is InChI=1S/C21H22N4O3S/c1-13-4-6-14(7-5-13)17(24-10-8-15(26)9-11-24)18-20(27)25-21(29-18)22-19(23-25)16-3-2-12-28-16/h2-7,12,15,17-18,26H,8-11H2,1H3. The Labute approximate surface area is 172 Å². The lowest BCUT2D eigenvalue weighted by Crippen LogP contribution is -2.44. The quantitative estimate of drug-likeness (QED) is 0.707. The fourth-order valence-electron chi connectivity index (χ4n) is 4.02. The second kappa shape index (κ2) is 7.44. The van der Waals surface area contributed by atoms with Gasteiger partial charge >= 0.3 is 0 Å². The van der Waals surface area contributed by atoms with E-state index in [1.165, 1.54) is 22.0 Å². The van der Waals surface area contributed by atoms with Gasteiger partial charge in [-0.3, -0.25) is 9.69 Å². The van der Waals surface area contributed by atoms with E-state index in [0.29, 0.717) is 16.7 Å². The minimum absolute atomic E-state index is 0.0630. The van der Waals surface area contributed by atoms with Crippen LogP contribution in [0.2, 0.25) is 0 Å². The van der Waals surface area contributed by atoms with E-state index in [1.54, 1.807) is 18.4 Å². The maximum atomic E-state index is 13.3. The van der Waals surface area contributed by atoms with Crippen LogP contribution in [-0.4, -0.2) is 55.1 Å². The van der Waals surface area contributed by atoms with Gasteiger partial charge in [0.2, 0.25) is 5.82 Å². The van der Waals surface area contributed by atoms with E-state index in [2.05, 4.69) is 46.2 Å². The van der Waals surface area contributed by atoms with Gasteiger partial charge in [-0.25, -0.2) is 0 Å². The highest BCUT2D eigenvalue weighted by atomic mass is 32.2. The van der Waals surface area contributed by atoms with Crippen LogP contribution in [0.1, 0.15) is 34.8 Å². The Hall–Kier alpha value is -2.42. The maximum absolute atomic E-state index is 13.3. The summed E-state index contributed by atoms with van der Waals surface area (Å²) in [5.41, 5.74) is 2.29. The van der Waals surface area contributed by atoms with Crippen molar-refractivity contribution in [2.75, 3.05) is 13.1 Å². The largest absolute Gasteiger partial charge is 0.461 e. The number of fused-ring (bicyclic) bond motifs is 1. The third-order valence-electron chi connectivity index (χ3n) is 5.60. The number of piperidine rings is 1. The molecule has 2 aromatic heterocycles. The molecule has 2 unspecified atom stereocenters. The Kier molecular flexibility index (Phi) is 4.77. The van der Waals surface area contributed by atoms with Crippen molar-refractivity contribution in [3.05, 3.63) is 53.8 Å². The molecule has 150 valence electrons. The number of aliphatic hydroxyl groups excluding tert-OH is 1. The first kappa shape index (κ1) is 18.6. The fraction of sp³-hybridized carbons (Fsp3) is 0.381. The fourth-order valence-corrected chi connectivity index (χ4v) is 5.27. The molecule has 0 aliphatic carbocycles. The second-order valence-corrected chi connectivity index (χ2v) is 8.72. The van der Waals surface area contributed by atoms with E-state index in [0.717, 1.165) is 31.5 Å². The molecule has 2 aliphatic heterocycles. The third kappa shape index (κ3) is 3.41. The molecule has 0 saturated carbocycles. The Morgan fingerprint density at radius 2 is 1.97 bits per heavy atom. The van der Waals surface area contributed by atoms with Crippen LogP contribution in [0.4, 0.5) is 0 Å². The van der Waals surface area contributed by atoms with Crippen LogP contribution in [0.15, 0.2) is 52.2 Å². The number of carbonyl (C=O) groups excluding carboxylic acids is 1. The second-order valence-electron chi connectivity index (χ2n) is 7.61. The average molecular weight is 410 g/mol. The smallest absolute Gasteiger partial charge is 0.264 e. The van der Waals surface area contributed by atoms with Gasteiger partial charge in [0, 0.05) is 13.1 Å². The first-order valence-electron chi connectivity index (χ1n) is 9.80. The first-order valence-corrected chi connectivity index (χ1v) is 10.7. The van der Waals surface area contributed by atoms with Crippen molar-refractivity contribution >= 4 is 17.7 Å². The van der Waals surface area contributed by atoms with Crippen LogP contribution in [0.25, 0.3) is 11.6 Å². The van der Waals surface area contributed by atoms with Crippen LogP contribution >= 0.6 is 11.8 Å². The zero-order valence-corrected chi connectivity index (χ0v) is 16.9. The summed E-state index contributed by atoms with van der Waals surface area (Å²) in [4.78, 5) is 20.1. The van der Waals surface area contributed by atoms with Crippen molar-refractivity contribution in [2.24, 2.45) is 0 Å². The van der Waals surface area contributed by atoms with Crippen LogP contribution in [-0.2, 0) is 0 Å². The number of thioether (sulfide) groups is 1. The molecular formula is C21H22N4O3S. The number of nitrogens with zero attached hydrogens (tertiary/aromatic N) is 4. The normalized spacial score (nSPS) is 21.4. The van der Waals surface area contributed by atoms with Crippen molar-refractivity contribution in [3.8, 4) is 11.6 Å². The molecule has 5 rings (SSSR count). The van der Waals surface area contributed by atoms with Crippen molar-refractivity contribution in [1.82, 2.24) is 19.7 Å². The number of aliphatic hydroxyl groups is 1. The van der Waals surface area contributed by atoms with Gasteiger partial charge in [-0.05, 0) is 37.5 Å². The summed E-state index contributed by atoms with van der Waals surface area (Å²) in [6.45, 7) is 3.58. The molecule has 2 aliphatic rings. The zero-order chi connectivity index (χ0) is 20.0. The minimum atomic E-state index is -0.325. The molecule has 0 bridgehead atoms. The Morgan fingerprint density at radius 1 is 1.21 bits per heavy atom. The van der Waals surface area contributed by atoms with Gasteiger partial charge in [0.25, 0.3) is 5.91 Å². The lowest BCUT2D eigenvalue weighted by atomic mass is 9.96. The average Bonchev–Trinajstić information content (AvgIpc) is 3.44. The number of hydrogen-bond donors (Lipinski definition) is 1. The first-order chi connectivity index (χ1) is 14.1. The highest BCUT2D eigenvalue weighted by Gasteiger charge is 2.43. The van der Waals surface area contributed by atoms with Gasteiger partial charge in [0.15, 0.2) is 10.9 Å². The van der Waals surface area contributed by atoms with E-state index in [4.69, 9.17) is 4.42 Å². The summed E-state index contributed by atoms with van der Waals surface area (Å²) in [5, 5.41) is 14.6. The molecule has 0 amide bonds. The van der Waals surface area contributed by atoms with Gasteiger partial charge in [-0.2, -0.15) is 9.67 Å². The van der Waals surface area contributed by atoms with E-state index < -0.39 is 0 Å². The van der Waals surface area contributed by atoms with Gasteiger partial charge in [-0.15, -0.1) is 5.10 Å². The minimum Gasteiger partial charge on any atom is -0.461 e. The Morgan fingerprint density at radius 3 is 2.62 bits per heavy atom. The Bertz CT molecular complexity index is 1010. The highest BCUT2D eigenvalue weighted by molar-refractivity contribution is 8.00. The zero-order valence-electron chi connectivity index (χ0n) is 16.1. The molecule has 0 spiro atoms. The van der Waals surface area contributed by atoms with E-state index in [1.807, 2.05) is 0 Å². The topological polar surface area (TPSA) is 84.4 Å². The number of hydrogen-bond acceptors (Lipinski definition) is 7. The summed E-state index contributed by atoms with van der Waals surface area (Å²) < 4.78 is 6.77. The van der Waals surface area contributed by atoms with Crippen LogP contribution < -0.4 is 0 Å². The maximum Gasteiger partial charge on any atom is 0.264 e. The molecule has 1 saturated heterocycles. The number of carbonyl (C=O) groups is 1. The number of benzene rings is 1. The SMILES string of the molecule is Cc1ccc(C(C2Sc3nc(-c4ccco4)nn3C2=O)N2CCC(O)CC2)cc1. The predicted molar refractivity (Wildman–Crippen MR) is 109 cm³/mol. The summed E-state index contributed by atoms with van der Waals surface area (Å²) in [6.07, 6.45) is 2.75. The molecule has 1 N–H and O–H groups in total. The lowest BCUT2D eigenvalue weighted by molar-refractivity contribution is 0.0552. The summed E-state index contributed by atoms with van der Waals surface area (Å²) in [6, 6.07) is 11.8.